The highest BCUT2D eigenvalue weighted by Crippen LogP contribution is 2.25. The fourth-order valence-electron chi connectivity index (χ4n) is 2.67. The average Bonchev–Trinajstić information content (AvgIpc) is 2.55. The molecular formula is C19H22ClNO3. The summed E-state index contributed by atoms with van der Waals surface area (Å²) in [6.07, 6.45) is 0.771. The Balaban J connectivity index is 2.05. The molecule has 0 saturated heterocycles. The number of benzene rings is 2. The molecule has 128 valence electrons. The SMILES string of the molecule is CC(CO)(C[C@H](N)Cc1ccc(-c2cccc(Cl)c2)cc1)C(=O)O. The molecule has 0 aromatic heterocycles. The molecule has 2 rings (SSSR count). The molecule has 4 N–H and O–H groups in total. The zero-order valence-electron chi connectivity index (χ0n) is 13.6. The van der Waals surface area contributed by atoms with Crippen molar-refractivity contribution in [3.05, 3.63) is 59.1 Å². The van der Waals surface area contributed by atoms with Crippen LogP contribution in [0.5, 0.6) is 0 Å². The zero-order chi connectivity index (χ0) is 17.7. The van der Waals surface area contributed by atoms with Crippen LogP contribution in [0.2, 0.25) is 5.02 Å². The fraction of sp³-hybridized carbons (Fsp3) is 0.316. The Morgan fingerprint density at radius 3 is 2.42 bits per heavy atom. The lowest BCUT2D eigenvalue weighted by atomic mass is 9.83. The summed E-state index contributed by atoms with van der Waals surface area (Å²) in [7, 11) is 0. The van der Waals surface area contributed by atoms with E-state index in [-0.39, 0.29) is 12.5 Å². The van der Waals surface area contributed by atoms with Crippen molar-refractivity contribution in [2.75, 3.05) is 6.61 Å². The number of aliphatic hydroxyl groups is 1. The number of aliphatic hydroxyl groups excluding tert-OH is 1. The maximum absolute atomic E-state index is 11.2. The van der Waals surface area contributed by atoms with E-state index in [1.165, 1.54) is 6.92 Å². The molecule has 2 atom stereocenters. The van der Waals surface area contributed by atoms with Gasteiger partial charge < -0.3 is 15.9 Å². The summed E-state index contributed by atoms with van der Waals surface area (Å²) < 4.78 is 0. The minimum absolute atomic E-state index is 0.217. The normalized spacial score (nSPS) is 14.8. The van der Waals surface area contributed by atoms with Crippen molar-refractivity contribution in [1.29, 1.82) is 0 Å². The Labute approximate surface area is 146 Å². The Morgan fingerprint density at radius 2 is 1.88 bits per heavy atom. The Morgan fingerprint density at radius 1 is 1.21 bits per heavy atom. The van der Waals surface area contributed by atoms with Gasteiger partial charge in [0.25, 0.3) is 0 Å². The van der Waals surface area contributed by atoms with E-state index in [1.807, 2.05) is 48.5 Å². The van der Waals surface area contributed by atoms with Crippen LogP contribution >= 0.6 is 11.6 Å². The van der Waals surface area contributed by atoms with Crippen molar-refractivity contribution < 1.29 is 15.0 Å². The Kier molecular flexibility index (Phi) is 5.99. The van der Waals surface area contributed by atoms with Crippen molar-refractivity contribution in [1.82, 2.24) is 0 Å². The van der Waals surface area contributed by atoms with E-state index in [0.717, 1.165) is 16.7 Å². The van der Waals surface area contributed by atoms with E-state index in [9.17, 15) is 15.0 Å². The van der Waals surface area contributed by atoms with Gasteiger partial charge >= 0.3 is 5.97 Å². The summed E-state index contributed by atoms with van der Waals surface area (Å²) in [5.41, 5.74) is 8.00. The molecule has 0 spiro atoms. The van der Waals surface area contributed by atoms with E-state index in [1.54, 1.807) is 0 Å². The van der Waals surface area contributed by atoms with E-state index in [2.05, 4.69) is 0 Å². The molecule has 0 radical (unpaired) electrons. The molecule has 0 heterocycles. The second kappa shape index (κ2) is 7.79. The summed E-state index contributed by atoms with van der Waals surface area (Å²) in [5.74, 6) is -1.03. The second-order valence-electron chi connectivity index (χ2n) is 6.40. The highest BCUT2D eigenvalue weighted by Gasteiger charge is 2.34. The molecule has 2 aromatic carbocycles. The standard InChI is InChI=1S/C19H22ClNO3/c1-19(12-22,18(23)24)11-17(21)9-13-5-7-14(8-6-13)15-3-2-4-16(20)10-15/h2-8,10,17,22H,9,11-12,21H2,1H3,(H,23,24)/t17-,19?/m1/s1. The van der Waals surface area contributed by atoms with Crippen LogP contribution in [0.1, 0.15) is 18.9 Å². The minimum Gasteiger partial charge on any atom is -0.481 e. The smallest absolute Gasteiger partial charge is 0.311 e. The van der Waals surface area contributed by atoms with Crippen LogP contribution in [0.15, 0.2) is 48.5 Å². The molecule has 2 aromatic rings. The largest absolute Gasteiger partial charge is 0.481 e. The molecule has 0 bridgehead atoms. The van der Waals surface area contributed by atoms with Gasteiger partial charge in [0.2, 0.25) is 0 Å². The van der Waals surface area contributed by atoms with Crippen LogP contribution in [0.25, 0.3) is 11.1 Å². The molecule has 1 unspecified atom stereocenters. The third-order valence-electron chi connectivity index (χ3n) is 4.19. The Hall–Kier alpha value is -1.88. The predicted octanol–water partition coefficient (Wildman–Crippen LogP) is 3.35. The number of hydrogen-bond acceptors (Lipinski definition) is 3. The Bertz CT molecular complexity index is 702. The quantitative estimate of drug-likeness (QED) is 0.717. The summed E-state index contributed by atoms with van der Waals surface area (Å²) in [5, 5.41) is 19.2. The number of nitrogens with two attached hydrogens (primary N) is 1. The van der Waals surface area contributed by atoms with Gasteiger partial charge in [0.05, 0.1) is 12.0 Å². The van der Waals surface area contributed by atoms with Crippen LogP contribution in [0, 0.1) is 5.41 Å². The molecule has 4 nitrogen and oxygen atoms in total. The number of halogens is 1. The topological polar surface area (TPSA) is 83.5 Å². The van der Waals surface area contributed by atoms with Gasteiger partial charge in [-0.3, -0.25) is 4.79 Å². The number of carbonyl (C=O) groups is 1. The molecule has 0 amide bonds. The van der Waals surface area contributed by atoms with Gasteiger partial charge in [-0.15, -0.1) is 0 Å². The fourth-order valence-corrected chi connectivity index (χ4v) is 2.86. The summed E-state index contributed by atoms with van der Waals surface area (Å²) in [6.45, 7) is 1.08. The molecule has 24 heavy (non-hydrogen) atoms. The minimum atomic E-state index is -1.21. The first-order valence-corrected chi connectivity index (χ1v) is 8.16. The first-order valence-electron chi connectivity index (χ1n) is 7.79. The van der Waals surface area contributed by atoms with Crippen LogP contribution in [0.4, 0.5) is 0 Å². The summed E-state index contributed by atoms with van der Waals surface area (Å²) >= 11 is 6.01. The maximum Gasteiger partial charge on any atom is 0.311 e. The van der Waals surface area contributed by atoms with Crippen molar-refractivity contribution >= 4 is 17.6 Å². The highest BCUT2D eigenvalue weighted by molar-refractivity contribution is 6.30. The van der Waals surface area contributed by atoms with Gasteiger partial charge in [0.1, 0.15) is 0 Å². The molecule has 0 aliphatic carbocycles. The van der Waals surface area contributed by atoms with Crippen LogP contribution in [-0.2, 0) is 11.2 Å². The van der Waals surface area contributed by atoms with E-state index in [0.29, 0.717) is 11.4 Å². The van der Waals surface area contributed by atoms with Gasteiger partial charge in [0, 0.05) is 11.1 Å². The lowest BCUT2D eigenvalue weighted by Crippen LogP contribution is -2.39. The maximum atomic E-state index is 11.2. The highest BCUT2D eigenvalue weighted by atomic mass is 35.5. The lowest BCUT2D eigenvalue weighted by Gasteiger charge is -2.25. The van der Waals surface area contributed by atoms with Gasteiger partial charge in [-0.05, 0) is 48.6 Å². The predicted molar refractivity (Wildman–Crippen MR) is 96.0 cm³/mol. The van der Waals surface area contributed by atoms with Gasteiger partial charge in [-0.1, -0.05) is 48.0 Å². The van der Waals surface area contributed by atoms with Crippen molar-refractivity contribution in [3.8, 4) is 11.1 Å². The molecule has 5 heteroatoms. The monoisotopic (exact) mass is 347 g/mol. The van der Waals surface area contributed by atoms with Gasteiger partial charge in [-0.25, -0.2) is 0 Å². The van der Waals surface area contributed by atoms with E-state index < -0.39 is 18.0 Å². The molecule has 0 aliphatic rings. The van der Waals surface area contributed by atoms with Crippen molar-refractivity contribution in [2.24, 2.45) is 11.1 Å². The average molecular weight is 348 g/mol. The molecule has 0 fully saturated rings. The number of aliphatic carboxylic acids is 1. The van der Waals surface area contributed by atoms with E-state index >= 15 is 0 Å². The first kappa shape index (κ1) is 18.5. The van der Waals surface area contributed by atoms with Gasteiger partial charge in [-0.2, -0.15) is 0 Å². The number of rotatable bonds is 7. The van der Waals surface area contributed by atoms with Gasteiger partial charge in [0.15, 0.2) is 0 Å². The molecular weight excluding hydrogens is 326 g/mol. The number of carboxylic acid groups (broad SMARTS) is 1. The molecule has 0 aliphatic heterocycles. The van der Waals surface area contributed by atoms with Crippen LogP contribution in [0.3, 0.4) is 0 Å². The second-order valence-corrected chi connectivity index (χ2v) is 6.84. The van der Waals surface area contributed by atoms with Crippen molar-refractivity contribution in [2.45, 2.75) is 25.8 Å². The van der Waals surface area contributed by atoms with Crippen LogP contribution < -0.4 is 5.73 Å². The third-order valence-corrected chi connectivity index (χ3v) is 4.42. The first-order chi connectivity index (χ1) is 11.3. The number of carboxylic acids is 1. The lowest BCUT2D eigenvalue weighted by molar-refractivity contribution is -0.151. The van der Waals surface area contributed by atoms with Crippen LogP contribution in [-0.4, -0.2) is 28.8 Å². The van der Waals surface area contributed by atoms with E-state index in [4.69, 9.17) is 17.3 Å². The van der Waals surface area contributed by atoms with Crippen molar-refractivity contribution in [3.63, 3.8) is 0 Å². The zero-order valence-corrected chi connectivity index (χ0v) is 14.3. The summed E-state index contributed by atoms with van der Waals surface area (Å²) in [4.78, 5) is 11.2. The molecule has 0 saturated carbocycles. The summed E-state index contributed by atoms with van der Waals surface area (Å²) in [6, 6.07) is 15.2. The number of hydrogen-bond donors (Lipinski definition) is 3. The third kappa shape index (κ3) is 4.57.